The summed E-state index contributed by atoms with van der Waals surface area (Å²) < 4.78 is 0. The molecule has 0 bridgehead atoms. The van der Waals surface area contributed by atoms with Gasteiger partial charge in [-0.1, -0.05) is 0 Å². The molecule has 0 unspecified atom stereocenters. The Bertz CT molecular complexity index is 227. The summed E-state index contributed by atoms with van der Waals surface area (Å²) in [7, 11) is 0. The smallest absolute Gasteiger partial charge is 0.0645 e. The second-order valence-electron chi connectivity index (χ2n) is 3.13. The van der Waals surface area contributed by atoms with Crippen molar-refractivity contribution in [1.82, 2.24) is 4.98 Å². The van der Waals surface area contributed by atoms with Gasteiger partial charge in [0.1, 0.15) is 0 Å². The van der Waals surface area contributed by atoms with Crippen molar-refractivity contribution in [2.75, 3.05) is 18.0 Å². The normalized spacial score (nSPS) is 17.2. The van der Waals surface area contributed by atoms with Crippen molar-refractivity contribution in [1.29, 1.82) is 0 Å². The van der Waals surface area contributed by atoms with Crippen LogP contribution >= 0.6 is 0 Å². The van der Waals surface area contributed by atoms with Crippen LogP contribution in [0.5, 0.6) is 0 Å². The van der Waals surface area contributed by atoms with Gasteiger partial charge in [0.05, 0.1) is 11.9 Å². The summed E-state index contributed by atoms with van der Waals surface area (Å²) in [6.07, 6.45) is 8.51. The molecule has 2 heterocycles. The van der Waals surface area contributed by atoms with Crippen LogP contribution in [0.25, 0.3) is 0 Å². The van der Waals surface area contributed by atoms with Gasteiger partial charge in [-0.25, -0.2) is 4.98 Å². The Kier molecular flexibility index (Phi) is 2.13. The van der Waals surface area contributed by atoms with Crippen LogP contribution in [-0.2, 0) is 0 Å². The van der Waals surface area contributed by atoms with Crippen molar-refractivity contribution in [3.8, 4) is 0 Å². The summed E-state index contributed by atoms with van der Waals surface area (Å²) in [4.78, 5) is 6.30. The highest BCUT2D eigenvalue weighted by molar-refractivity contribution is 5.42. The Hall–Kier alpha value is -1.23. The Balaban J connectivity index is 2.08. The first kappa shape index (κ1) is 7.42. The van der Waals surface area contributed by atoms with Gasteiger partial charge in [0.25, 0.3) is 0 Å². The minimum atomic E-state index is 1.17. The van der Waals surface area contributed by atoms with Crippen LogP contribution in [0, 0.1) is 12.3 Å². The summed E-state index contributed by atoms with van der Waals surface area (Å²) in [5.74, 6) is 0. The average Bonchev–Trinajstić information content (AvgIpc) is 2.21. The highest BCUT2D eigenvalue weighted by Gasteiger charge is 2.09. The van der Waals surface area contributed by atoms with Crippen LogP contribution in [0.1, 0.15) is 19.3 Å². The summed E-state index contributed by atoms with van der Waals surface area (Å²) in [5, 5.41) is 0. The molecule has 62 valence electrons. The lowest BCUT2D eigenvalue weighted by Gasteiger charge is -2.27. The standard InChI is InChI=1S/C10H12N2/c1-2-7-12(8-3-1)10-5-4-6-11-9-10/h5,9H,1-3,7-8H2. The third-order valence-electron chi connectivity index (χ3n) is 2.27. The zero-order valence-electron chi connectivity index (χ0n) is 7.08. The summed E-state index contributed by atoms with van der Waals surface area (Å²) in [6, 6.07) is 4.84. The van der Waals surface area contributed by atoms with Gasteiger partial charge >= 0.3 is 0 Å². The van der Waals surface area contributed by atoms with Crippen molar-refractivity contribution >= 4 is 5.69 Å². The van der Waals surface area contributed by atoms with Gasteiger partial charge in [0.2, 0.25) is 0 Å². The maximum atomic E-state index is 3.94. The van der Waals surface area contributed by atoms with Crippen molar-refractivity contribution in [2.24, 2.45) is 0 Å². The summed E-state index contributed by atoms with van der Waals surface area (Å²) in [5.41, 5.74) is 1.19. The Labute approximate surface area is 73.2 Å². The Morgan fingerprint density at radius 2 is 2.08 bits per heavy atom. The minimum absolute atomic E-state index is 1.17. The first-order valence-electron chi connectivity index (χ1n) is 4.45. The maximum Gasteiger partial charge on any atom is 0.0645 e. The van der Waals surface area contributed by atoms with Crippen molar-refractivity contribution in [3.63, 3.8) is 0 Å². The first-order valence-corrected chi connectivity index (χ1v) is 4.45. The highest BCUT2D eigenvalue weighted by Crippen LogP contribution is 2.16. The number of nitrogens with zero attached hydrogens (tertiary/aromatic N) is 2. The number of hydrogen-bond donors (Lipinski definition) is 0. The van der Waals surface area contributed by atoms with Crippen LogP contribution in [0.4, 0.5) is 5.69 Å². The molecule has 0 N–H and O–H groups in total. The fraction of sp³-hybridized carbons (Fsp3) is 0.500. The lowest BCUT2D eigenvalue weighted by Crippen LogP contribution is -2.29. The molecule has 0 spiro atoms. The van der Waals surface area contributed by atoms with E-state index in [4.69, 9.17) is 0 Å². The molecule has 0 amide bonds. The summed E-state index contributed by atoms with van der Waals surface area (Å²) >= 11 is 0. The van der Waals surface area contributed by atoms with Crippen molar-refractivity contribution < 1.29 is 0 Å². The number of piperidine rings is 1. The van der Waals surface area contributed by atoms with Crippen molar-refractivity contribution in [3.05, 3.63) is 24.5 Å². The molecule has 1 aliphatic heterocycles. The van der Waals surface area contributed by atoms with Gasteiger partial charge in [0.15, 0.2) is 0 Å². The van der Waals surface area contributed by atoms with E-state index in [0.29, 0.717) is 0 Å². The maximum absolute atomic E-state index is 3.94. The van der Waals surface area contributed by atoms with E-state index in [0.717, 1.165) is 0 Å². The van der Waals surface area contributed by atoms with Crippen LogP contribution in [-0.4, -0.2) is 18.1 Å². The fourth-order valence-electron chi connectivity index (χ4n) is 1.60. The molecule has 12 heavy (non-hydrogen) atoms. The second-order valence-corrected chi connectivity index (χ2v) is 3.13. The molecule has 0 aliphatic carbocycles. The molecule has 2 nitrogen and oxygen atoms in total. The van der Waals surface area contributed by atoms with Gasteiger partial charge in [-0.05, 0) is 25.3 Å². The SMILES string of the molecule is c1cc(N2CCCCC2)cnc#1. The van der Waals surface area contributed by atoms with Crippen LogP contribution in [0.3, 0.4) is 0 Å². The van der Waals surface area contributed by atoms with Crippen LogP contribution in [0.15, 0.2) is 12.3 Å². The zero-order valence-corrected chi connectivity index (χ0v) is 7.08. The average molecular weight is 160 g/mol. The van der Waals surface area contributed by atoms with E-state index in [-0.39, 0.29) is 0 Å². The molecule has 0 aromatic carbocycles. The molecule has 2 rings (SSSR count). The molecule has 1 aliphatic rings. The third kappa shape index (κ3) is 1.50. The van der Waals surface area contributed by atoms with E-state index in [9.17, 15) is 0 Å². The number of rotatable bonds is 1. The lowest BCUT2D eigenvalue weighted by atomic mass is 10.1. The third-order valence-corrected chi connectivity index (χ3v) is 2.27. The summed E-state index contributed by atoms with van der Waals surface area (Å²) in [6.45, 7) is 2.33. The first-order chi connectivity index (χ1) is 5.97. The van der Waals surface area contributed by atoms with E-state index in [1.165, 1.54) is 38.0 Å². The van der Waals surface area contributed by atoms with E-state index in [1.807, 2.05) is 12.3 Å². The zero-order chi connectivity index (χ0) is 8.23. The van der Waals surface area contributed by atoms with E-state index in [1.54, 1.807) is 0 Å². The van der Waals surface area contributed by atoms with Gasteiger partial charge in [-0.3, -0.25) is 0 Å². The molecule has 1 aromatic rings. The Morgan fingerprint density at radius 3 is 2.75 bits per heavy atom. The topological polar surface area (TPSA) is 16.1 Å². The Morgan fingerprint density at radius 1 is 1.25 bits per heavy atom. The molecular weight excluding hydrogens is 148 g/mol. The van der Waals surface area contributed by atoms with Gasteiger partial charge in [0, 0.05) is 25.4 Å². The number of hydrogen-bond acceptors (Lipinski definition) is 2. The highest BCUT2D eigenvalue weighted by atomic mass is 15.1. The number of aromatic nitrogens is 1. The largest absolute Gasteiger partial charge is 0.370 e. The molecule has 1 saturated heterocycles. The van der Waals surface area contributed by atoms with Gasteiger partial charge in [-0.15, -0.1) is 0 Å². The predicted octanol–water partition coefficient (Wildman–Crippen LogP) is 1.67. The lowest BCUT2D eigenvalue weighted by molar-refractivity contribution is 0.577. The molecule has 0 radical (unpaired) electrons. The molecule has 0 atom stereocenters. The predicted molar refractivity (Wildman–Crippen MR) is 48.0 cm³/mol. The van der Waals surface area contributed by atoms with Gasteiger partial charge in [-0.2, -0.15) is 0 Å². The van der Waals surface area contributed by atoms with E-state index in [2.05, 4.69) is 22.1 Å². The van der Waals surface area contributed by atoms with Crippen molar-refractivity contribution in [2.45, 2.75) is 19.3 Å². The molecule has 1 fully saturated rings. The fourth-order valence-corrected chi connectivity index (χ4v) is 1.60. The van der Waals surface area contributed by atoms with E-state index >= 15 is 0 Å². The molecule has 2 heteroatoms. The molecule has 1 aromatic heterocycles. The minimum Gasteiger partial charge on any atom is -0.370 e. The second kappa shape index (κ2) is 3.44. The number of anilines is 1. The molecule has 0 saturated carbocycles. The van der Waals surface area contributed by atoms with Crippen LogP contribution in [0.2, 0.25) is 0 Å². The quantitative estimate of drug-likeness (QED) is 0.621. The molecular formula is C10H12N2. The monoisotopic (exact) mass is 160 g/mol. The van der Waals surface area contributed by atoms with Gasteiger partial charge < -0.3 is 4.90 Å². The van der Waals surface area contributed by atoms with E-state index < -0.39 is 0 Å². The van der Waals surface area contributed by atoms with Crippen LogP contribution < -0.4 is 4.90 Å².